The highest BCUT2D eigenvalue weighted by molar-refractivity contribution is 6.14. The standard InChI is InChI=1S/C47H31N3/c1-5-13-33(14-6-1)41-30-43(34-15-7-2-8-16-34)48-42-28-26-39-29-38(25-27-40(39)46(41)42)32-21-23-37(24-22-32)47-49-44(35-17-9-3-10-18-35)31-45(50-47)36-19-11-4-12-20-36/h1-31H. The van der Waals surface area contributed by atoms with Crippen molar-refractivity contribution < 1.29 is 0 Å². The second-order valence-electron chi connectivity index (χ2n) is 12.5. The molecule has 0 N–H and O–H groups in total. The zero-order valence-electron chi connectivity index (χ0n) is 27.2. The Kier molecular flexibility index (Phi) is 7.49. The Labute approximate surface area is 291 Å². The molecule has 3 nitrogen and oxygen atoms in total. The van der Waals surface area contributed by atoms with Gasteiger partial charge in [0.2, 0.25) is 0 Å². The SMILES string of the molecule is c1ccc(-c2cc(-c3ccccc3)nc(-c3ccc(-c4ccc5c(ccc6nc(-c7ccccc7)cc(-c7ccccc7)c65)c4)cc3)n2)cc1. The van der Waals surface area contributed by atoms with E-state index in [4.69, 9.17) is 15.0 Å². The fraction of sp³-hybridized carbons (Fsp3) is 0. The van der Waals surface area contributed by atoms with Crippen molar-refractivity contribution in [3.63, 3.8) is 0 Å². The van der Waals surface area contributed by atoms with Crippen molar-refractivity contribution in [3.05, 3.63) is 188 Å². The van der Waals surface area contributed by atoms with Crippen LogP contribution in [0.4, 0.5) is 0 Å². The second-order valence-corrected chi connectivity index (χ2v) is 12.5. The van der Waals surface area contributed by atoms with E-state index in [-0.39, 0.29) is 0 Å². The van der Waals surface area contributed by atoms with Crippen molar-refractivity contribution >= 4 is 21.7 Å². The number of hydrogen-bond donors (Lipinski definition) is 0. The van der Waals surface area contributed by atoms with E-state index in [0.717, 1.165) is 56.0 Å². The molecule has 0 atom stereocenters. The first kappa shape index (κ1) is 29.4. The molecule has 50 heavy (non-hydrogen) atoms. The van der Waals surface area contributed by atoms with E-state index in [0.29, 0.717) is 5.82 Å². The van der Waals surface area contributed by atoms with Crippen LogP contribution in [0.1, 0.15) is 0 Å². The van der Waals surface area contributed by atoms with E-state index in [1.54, 1.807) is 0 Å². The molecular formula is C47H31N3. The van der Waals surface area contributed by atoms with Gasteiger partial charge in [-0.3, -0.25) is 0 Å². The fourth-order valence-corrected chi connectivity index (χ4v) is 6.75. The largest absolute Gasteiger partial charge is 0.248 e. The molecule has 0 fully saturated rings. The second kappa shape index (κ2) is 12.7. The Morgan fingerprint density at radius 2 is 0.780 bits per heavy atom. The molecule has 0 radical (unpaired) electrons. The Balaban J connectivity index is 1.11. The molecule has 9 aromatic rings. The lowest BCUT2D eigenvalue weighted by atomic mass is 9.93. The van der Waals surface area contributed by atoms with Crippen LogP contribution in [0.25, 0.3) is 89.1 Å². The van der Waals surface area contributed by atoms with E-state index in [1.807, 2.05) is 42.5 Å². The van der Waals surface area contributed by atoms with Crippen LogP contribution in [0.5, 0.6) is 0 Å². The molecular weight excluding hydrogens is 607 g/mol. The minimum absolute atomic E-state index is 0.706. The van der Waals surface area contributed by atoms with Gasteiger partial charge in [0.05, 0.1) is 22.6 Å². The topological polar surface area (TPSA) is 38.7 Å². The Morgan fingerprint density at radius 3 is 1.34 bits per heavy atom. The van der Waals surface area contributed by atoms with Crippen molar-refractivity contribution in [1.29, 1.82) is 0 Å². The molecule has 0 aliphatic heterocycles. The van der Waals surface area contributed by atoms with Crippen LogP contribution >= 0.6 is 0 Å². The van der Waals surface area contributed by atoms with Crippen LogP contribution in [-0.4, -0.2) is 15.0 Å². The average Bonchev–Trinajstić information content (AvgIpc) is 3.21. The number of benzene rings is 7. The summed E-state index contributed by atoms with van der Waals surface area (Å²) in [6, 6.07) is 65.6. The molecule has 2 heterocycles. The maximum absolute atomic E-state index is 5.14. The van der Waals surface area contributed by atoms with Crippen molar-refractivity contribution in [3.8, 4) is 67.4 Å². The van der Waals surface area contributed by atoms with Gasteiger partial charge in [-0.1, -0.05) is 164 Å². The van der Waals surface area contributed by atoms with Crippen molar-refractivity contribution in [2.75, 3.05) is 0 Å². The first-order valence-electron chi connectivity index (χ1n) is 16.9. The molecule has 0 spiro atoms. The highest BCUT2D eigenvalue weighted by Gasteiger charge is 2.14. The quantitative estimate of drug-likeness (QED) is 0.170. The van der Waals surface area contributed by atoms with Crippen molar-refractivity contribution in [1.82, 2.24) is 15.0 Å². The van der Waals surface area contributed by atoms with Gasteiger partial charge in [-0.15, -0.1) is 0 Å². The molecule has 0 saturated carbocycles. The summed E-state index contributed by atoms with van der Waals surface area (Å²) < 4.78 is 0. The van der Waals surface area contributed by atoms with Crippen LogP contribution in [0, 0.1) is 0 Å². The molecule has 3 heteroatoms. The Morgan fingerprint density at radius 1 is 0.300 bits per heavy atom. The maximum Gasteiger partial charge on any atom is 0.160 e. The monoisotopic (exact) mass is 637 g/mol. The maximum atomic E-state index is 5.14. The zero-order valence-corrected chi connectivity index (χ0v) is 27.2. The molecule has 0 saturated heterocycles. The third-order valence-electron chi connectivity index (χ3n) is 9.29. The molecule has 0 unspecified atom stereocenters. The number of fused-ring (bicyclic) bond motifs is 3. The number of rotatable bonds is 6. The van der Waals surface area contributed by atoms with Gasteiger partial charge in [-0.25, -0.2) is 15.0 Å². The lowest BCUT2D eigenvalue weighted by Gasteiger charge is -2.14. The minimum atomic E-state index is 0.706. The average molecular weight is 638 g/mol. The van der Waals surface area contributed by atoms with E-state index in [9.17, 15) is 0 Å². The molecule has 0 amide bonds. The molecule has 2 aromatic heterocycles. The first-order valence-corrected chi connectivity index (χ1v) is 16.9. The number of pyridine rings is 1. The highest BCUT2D eigenvalue weighted by atomic mass is 14.9. The minimum Gasteiger partial charge on any atom is -0.248 e. The normalized spacial score (nSPS) is 11.2. The van der Waals surface area contributed by atoms with Gasteiger partial charge >= 0.3 is 0 Å². The smallest absolute Gasteiger partial charge is 0.160 e. The van der Waals surface area contributed by atoms with E-state index >= 15 is 0 Å². The van der Waals surface area contributed by atoms with Gasteiger partial charge in [-0.2, -0.15) is 0 Å². The first-order chi connectivity index (χ1) is 24.8. The van der Waals surface area contributed by atoms with Crippen LogP contribution in [-0.2, 0) is 0 Å². The summed E-state index contributed by atoms with van der Waals surface area (Å²) in [6.45, 7) is 0. The molecule has 0 aliphatic carbocycles. The molecule has 0 bridgehead atoms. The summed E-state index contributed by atoms with van der Waals surface area (Å²) in [6.07, 6.45) is 0. The summed E-state index contributed by atoms with van der Waals surface area (Å²) in [7, 11) is 0. The summed E-state index contributed by atoms with van der Waals surface area (Å²) in [5.74, 6) is 0.706. The van der Waals surface area contributed by atoms with Crippen LogP contribution in [0.15, 0.2) is 188 Å². The van der Waals surface area contributed by atoms with Gasteiger partial charge in [0, 0.05) is 27.6 Å². The summed E-state index contributed by atoms with van der Waals surface area (Å²) in [5, 5.41) is 3.53. The molecule has 0 aliphatic rings. The van der Waals surface area contributed by atoms with Gasteiger partial charge in [0.1, 0.15) is 0 Å². The molecule has 7 aromatic carbocycles. The van der Waals surface area contributed by atoms with Gasteiger partial charge in [0.15, 0.2) is 5.82 Å². The Bertz CT molecular complexity index is 2540. The number of hydrogen-bond acceptors (Lipinski definition) is 3. The van der Waals surface area contributed by atoms with Gasteiger partial charge in [0.25, 0.3) is 0 Å². The molecule has 9 rings (SSSR count). The zero-order chi connectivity index (χ0) is 33.3. The highest BCUT2D eigenvalue weighted by Crippen LogP contribution is 2.38. The third-order valence-corrected chi connectivity index (χ3v) is 9.29. The van der Waals surface area contributed by atoms with Crippen LogP contribution in [0.3, 0.4) is 0 Å². The van der Waals surface area contributed by atoms with Crippen molar-refractivity contribution in [2.24, 2.45) is 0 Å². The third kappa shape index (κ3) is 5.61. The van der Waals surface area contributed by atoms with Gasteiger partial charge in [-0.05, 0) is 57.3 Å². The van der Waals surface area contributed by atoms with Crippen molar-refractivity contribution in [2.45, 2.75) is 0 Å². The lowest BCUT2D eigenvalue weighted by Crippen LogP contribution is -1.96. The predicted octanol–water partition coefficient (Wildman–Crippen LogP) is 12.2. The molecule has 234 valence electrons. The summed E-state index contributed by atoms with van der Waals surface area (Å²) >= 11 is 0. The van der Waals surface area contributed by atoms with Crippen LogP contribution in [0.2, 0.25) is 0 Å². The lowest BCUT2D eigenvalue weighted by molar-refractivity contribution is 1.18. The van der Waals surface area contributed by atoms with Crippen LogP contribution < -0.4 is 0 Å². The Hall–Kier alpha value is -6.71. The van der Waals surface area contributed by atoms with E-state index in [2.05, 4.69) is 146 Å². The fourth-order valence-electron chi connectivity index (χ4n) is 6.75. The number of nitrogens with zero attached hydrogens (tertiary/aromatic N) is 3. The van der Waals surface area contributed by atoms with E-state index in [1.165, 1.54) is 27.3 Å². The predicted molar refractivity (Wildman–Crippen MR) is 207 cm³/mol. The summed E-state index contributed by atoms with van der Waals surface area (Å²) in [4.78, 5) is 15.2. The van der Waals surface area contributed by atoms with E-state index < -0.39 is 0 Å². The number of aromatic nitrogens is 3. The van der Waals surface area contributed by atoms with Gasteiger partial charge < -0.3 is 0 Å². The summed E-state index contributed by atoms with van der Waals surface area (Å²) in [5.41, 5.74) is 12.6.